The second-order valence-corrected chi connectivity index (χ2v) is 10.6. The summed E-state index contributed by atoms with van der Waals surface area (Å²) in [4.78, 5) is 11.0. The van der Waals surface area contributed by atoms with E-state index in [1.807, 2.05) is 26.1 Å². The number of thiazole rings is 1. The molecule has 0 bridgehead atoms. The van der Waals surface area contributed by atoms with Crippen molar-refractivity contribution in [1.82, 2.24) is 19.9 Å². The monoisotopic (exact) mass is 543 g/mol. The lowest BCUT2D eigenvalue weighted by Gasteiger charge is -2.10. The van der Waals surface area contributed by atoms with Gasteiger partial charge in [0.05, 0.1) is 11.6 Å². The van der Waals surface area contributed by atoms with Gasteiger partial charge in [0.2, 0.25) is 0 Å². The van der Waals surface area contributed by atoms with Crippen molar-refractivity contribution in [1.29, 1.82) is 0 Å². The lowest BCUT2D eigenvalue weighted by Crippen LogP contribution is -2.38. The highest BCUT2D eigenvalue weighted by Crippen LogP contribution is 2.24. The fourth-order valence-electron chi connectivity index (χ4n) is 2.07. The number of hydrogen-bond donors (Lipinski definition) is 2. The molecule has 0 atom stereocenters. The lowest BCUT2D eigenvalue weighted by atomic mass is 10.4. The minimum absolute atomic E-state index is 0. The molecule has 0 radical (unpaired) electrons. The molecule has 2 aromatic rings. The summed E-state index contributed by atoms with van der Waals surface area (Å²) < 4.78 is 25.8. The molecular formula is C16H26IN5O2S3. The van der Waals surface area contributed by atoms with Gasteiger partial charge in [-0.05, 0) is 26.0 Å². The summed E-state index contributed by atoms with van der Waals surface area (Å²) in [6.45, 7) is 5.98. The Labute approximate surface area is 186 Å². The molecule has 0 aliphatic rings. The predicted molar refractivity (Wildman–Crippen MR) is 124 cm³/mol. The van der Waals surface area contributed by atoms with Gasteiger partial charge in [-0.1, -0.05) is 0 Å². The average Bonchev–Trinajstić information content (AvgIpc) is 3.22. The molecule has 27 heavy (non-hydrogen) atoms. The van der Waals surface area contributed by atoms with Crippen LogP contribution in [0, 0.1) is 6.92 Å². The van der Waals surface area contributed by atoms with Gasteiger partial charge in [-0.3, -0.25) is 0 Å². The Morgan fingerprint density at radius 1 is 1.26 bits per heavy atom. The van der Waals surface area contributed by atoms with Crippen LogP contribution in [-0.4, -0.2) is 50.9 Å². The van der Waals surface area contributed by atoms with Gasteiger partial charge in [-0.15, -0.1) is 46.7 Å². The molecule has 2 rings (SSSR count). The molecule has 7 nitrogen and oxygen atoms in total. The van der Waals surface area contributed by atoms with E-state index in [0.29, 0.717) is 16.7 Å². The molecule has 0 saturated heterocycles. The topological polar surface area (TPSA) is 86.7 Å². The smallest absolute Gasteiger partial charge is 0.252 e. The molecule has 0 saturated carbocycles. The van der Waals surface area contributed by atoms with Crippen LogP contribution in [0.4, 0.5) is 0 Å². The second-order valence-electron chi connectivity index (χ2n) is 5.74. The number of aryl methyl sites for hydroxylation is 1. The Hall–Kier alpha value is -0.760. The highest BCUT2D eigenvalue weighted by Gasteiger charge is 2.19. The van der Waals surface area contributed by atoms with Gasteiger partial charge < -0.3 is 10.6 Å². The van der Waals surface area contributed by atoms with Crippen molar-refractivity contribution in [3.05, 3.63) is 33.1 Å². The predicted octanol–water partition coefficient (Wildman–Crippen LogP) is 2.68. The number of halogens is 1. The highest BCUT2D eigenvalue weighted by molar-refractivity contribution is 14.0. The van der Waals surface area contributed by atoms with Gasteiger partial charge in [0.15, 0.2) is 5.96 Å². The zero-order valence-corrected chi connectivity index (χ0v) is 20.6. The molecule has 0 spiro atoms. The number of sulfonamides is 1. The van der Waals surface area contributed by atoms with Crippen LogP contribution in [0.15, 0.2) is 27.5 Å². The van der Waals surface area contributed by atoms with Crippen LogP contribution in [0.1, 0.15) is 21.7 Å². The zero-order chi connectivity index (χ0) is 19.2. The number of guanidine groups is 1. The molecule has 0 aliphatic carbocycles. The Kier molecular flexibility index (Phi) is 10.2. The van der Waals surface area contributed by atoms with Crippen molar-refractivity contribution >= 4 is 62.6 Å². The third-order valence-electron chi connectivity index (χ3n) is 3.41. The molecular weight excluding hydrogens is 517 g/mol. The highest BCUT2D eigenvalue weighted by atomic mass is 127. The minimum atomic E-state index is -3.38. The molecule has 2 aromatic heterocycles. The third-order valence-corrected chi connectivity index (χ3v) is 7.73. The first-order valence-corrected chi connectivity index (χ1v) is 11.3. The molecule has 0 aliphatic heterocycles. The summed E-state index contributed by atoms with van der Waals surface area (Å²) in [6, 6.07) is 3.45. The summed E-state index contributed by atoms with van der Waals surface area (Å²) >= 11 is 2.95. The average molecular weight is 544 g/mol. The molecule has 0 amide bonds. The minimum Gasteiger partial charge on any atom is -0.357 e. The first kappa shape index (κ1) is 24.3. The zero-order valence-electron chi connectivity index (χ0n) is 15.9. The third kappa shape index (κ3) is 7.29. The summed E-state index contributed by atoms with van der Waals surface area (Å²) in [7, 11) is -0.318. The summed E-state index contributed by atoms with van der Waals surface area (Å²) in [6.07, 6.45) is 2.72. The number of aromatic nitrogens is 1. The van der Waals surface area contributed by atoms with Crippen LogP contribution in [0.2, 0.25) is 0 Å². The number of thiophene rings is 1. The summed E-state index contributed by atoms with van der Waals surface area (Å²) in [5, 5.41) is 7.59. The van der Waals surface area contributed by atoms with E-state index >= 15 is 0 Å². The first-order chi connectivity index (χ1) is 12.3. The molecule has 0 aromatic carbocycles. The van der Waals surface area contributed by atoms with Gasteiger partial charge in [-0.2, -0.15) is 0 Å². The van der Waals surface area contributed by atoms with Crippen molar-refractivity contribution < 1.29 is 8.42 Å². The Balaban J connectivity index is 0.00000364. The fourth-order valence-corrected chi connectivity index (χ4v) is 5.30. The summed E-state index contributed by atoms with van der Waals surface area (Å²) in [5.74, 6) is 0.714. The maximum atomic E-state index is 12.1. The number of rotatable bonds is 8. The van der Waals surface area contributed by atoms with E-state index in [-0.39, 0.29) is 24.0 Å². The quantitative estimate of drug-likeness (QED) is 0.304. The molecule has 0 fully saturated rings. The van der Waals surface area contributed by atoms with Gasteiger partial charge in [0, 0.05) is 49.6 Å². The molecule has 11 heteroatoms. The fraction of sp³-hybridized carbons (Fsp3) is 0.500. The van der Waals surface area contributed by atoms with E-state index in [9.17, 15) is 8.42 Å². The molecule has 0 unspecified atom stereocenters. The van der Waals surface area contributed by atoms with Gasteiger partial charge >= 0.3 is 0 Å². The largest absolute Gasteiger partial charge is 0.357 e. The van der Waals surface area contributed by atoms with Crippen LogP contribution in [-0.2, 0) is 23.0 Å². The van der Waals surface area contributed by atoms with Gasteiger partial charge in [0.1, 0.15) is 4.21 Å². The Morgan fingerprint density at radius 2 is 2.00 bits per heavy atom. The van der Waals surface area contributed by atoms with Crippen molar-refractivity contribution in [3.8, 4) is 0 Å². The van der Waals surface area contributed by atoms with E-state index in [0.717, 1.165) is 29.4 Å². The van der Waals surface area contributed by atoms with Crippen molar-refractivity contribution in [3.63, 3.8) is 0 Å². The van der Waals surface area contributed by atoms with Gasteiger partial charge in [-0.25, -0.2) is 22.7 Å². The van der Waals surface area contributed by atoms with Crippen LogP contribution >= 0.6 is 46.7 Å². The number of nitrogens with one attached hydrogen (secondary N) is 2. The lowest BCUT2D eigenvalue weighted by molar-refractivity contribution is 0.523. The van der Waals surface area contributed by atoms with Gasteiger partial charge in [0.25, 0.3) is 10.0 Å². The standard InChI is InChI=1S/C16H25N5O2S3.HI/c1-5-17-16(18-9-8-14-19-10-12(2)24-14)20-11-13-6-7-15(25-13)26(22,23)21(3)4;/h6-7,10H,5,8-9,11H2,1-4H3,(H2,17,18,20);1H. The van der Waals surface area contributed by atoms with Crippen molar-refractivity contribution in [2.75, 3.05) is 27.2 Å². The van der Waals surface area contributed by atoms with Crippen molar-refractivity contribution in [2.45, 2.75) is 31.0 Å². The number of nitrogens with zero attached hydrogens (tertiary/aromatic N) is 3. The SMILES string of the molecule is CCNC(=NCc1ccc(S(=O)(=O)N(C)C)s1)NCCc1ncc(C)s1.I. The number of hydrogen-bond acceptors (Lipinski definition) is 6. The van der Waals surface area contributed by atoms with E-state index in [2.05, 4.69) is 20.6 Å². The molecule has 2 N–H and O–H groups in total. The van der Waals surface area contributed by atoms with Crippen molar-refractivity contribution in [2.24, 2.45) is 4.99 Å². The first-order valence-electron chi connectivity index (χ1n) is 8.27. The maximum absolute atomic E-state index is 12.1. The van der Waals surface area contributed by atoms with Crippen LogP contribution < -0.4 is 10.6 Å². The van der Waals surface area contributed by atoms with Crippen LogP contribution in [0.5, 0.6) is 0 Å². The molecule has 152 valence electrons. The van der Waals surface area contributed by atoms with E-state index < -0.39 is 10.0 Å². The Morgan fingerprint density at radius 3 is 2.59 bits per heavy atom. The second kappa shape index (κ2) is 11.3. The van der Waals surface area contributed by atoms with Crippen LogP contribution in [0.25, 0.3) is 0 Å². The maximum Gasteiger partial charge on any atom is 0.252 e. The summed E-state index contributed by atoms with van der Waals surface area (Å²) in [5.41, 5.74) is 0. The van der Waals surface area contributed by atoms with E-state index in [1.165, 1.54) is 34.6 Å². The van der Waals surface area contributed by atoms with E-state index in [4.69, 9.17) is 0 Å². The normalized spacial score (nSPS) is 12.1. The number of aliphatic imine (C=N–C) groups is 1. The Bertz CT molecular complexity index is 846. The molecule has 2 heterocycles. The van der Waals surface area contributed by atoms with Crippen LogP contribution in [0.3, 0.4) is 0 Å². The van der Waals surface area contributed by atoms with E-state index in [1.54, 1.807) is 17.4 Å².